The minimum Gasteiger partial charge on any atom is -0.396 e. The van der Waals surface area contributed by atoms with Crippen molar-refractivity contribution in [1.29, 1.82) is 0 Å². The van der Waals surface area contributed by atoms with Gasteiger partial charge >= 0.3 is 0 Å². The molecule has 0 radical (unpaired) electrons. The number of aryl methyl sites for hydroxylation is 1. The lowest BCUT2D eigenvalue weighted by Gasteiger charge is -2.22. The van der Waals surface area contributed by atoms with E-state index in [1.54, 1.807) is 12.4 Å². The van der Waals surface area contributed by atoms with Gasteiger partial charge in [0, 0.05) is 18.7 Å². The van der Waals surface area contributed by atoms with Crippen molar-refractivity contribution in [2.75, 3.05) is 17.2 Å². The Labute approximate surface area is 229 Å². The number of benzene rings is 2. The second kappa shape index (κ2) is 10.5. The highest BCUT2D eigenvalue weighted by atomic mass is 32.1. The zero-order chi connectivity index (χ0) is 27.1. The zero-order valence-electron chi connectivity index (χ0n) is 21.6. The molecule has 0 amide bonds. The second-order valence-electron chi connectivity index (χ2n) is 10.1. The summed E-state index contributed by atoms with van der Waals surface area (Å²) in [4.78, 5) is 18.6. The number of fused-ring (bicyclic) bond motifs is 2. The van der Waals surface area contributed by atoms with Crippen molar-refractivity contribution in [1.82, 2.24) is 19.9 Å². The van der Waals surface area contributed by atoms with Crippen molar-refractivity contribution in [3.05, 3.63) is 72.2 Å². The van der Waals surface area contributed by atoms with Crippen molar-refractivity contribution < 1.29 is 15.3 Å². The van der Waals surface area contributed by atoms with Gasteiger partial charge in [-0.1, -0.05) is 42.5 Å². The Balaban J connectivity index is 1.39. The van der Waals surface area contributed by atoms with Crippen LogP contribution in [0.15, 0.2) is 60.9 Å². The van der Waals surface area contributed by atoms with E-state index in [0.29, 0.717) is 18.2 Å². The van der Waals surface area contributed by atoms with E-state index in [1.807, 2.05) is 31.2 Å². The Kier molecular flexibility index (Phi) is 6.86. The molecule has 0 saturated heterocycles. The number of aromatic nitrogens is 4. The Morgan fingerprint density at radius 3 is 2.64 bits per heavy atom. The second-order valence-corrected chi connectivity index (χ2v) is 11.1. The number of nitrogens with one attached hydrogen (secondary N) is 2. The summed E-state index contributed by atoms with van der Waals surface area (Å²) in [5.41, 5.74) is 3.37. The van der Waals surface area contributed by atoms with Gasteiger partial charge in [0.15, 0.2) is 0 Å². The Morgan fingerprint density at radius 1 is 1.03 bits per heavy atom. The van der Waals surface area contributed by atoms with Gasteiger partial charge in [-0.2, -0.15) is 4.98 Å². The summed E-state index contributed by atoms with van der Waals surface area (Å²) in [6, 6.07) is 15.8. The fourth-order valence-corrected chi connectivity index (χ4v) is 6.44. The molecule has 0 aliphatic heterocycles. The first-order valence-electron chi connectivity index (χ1n) is 13.0. The normalized spacial score (nSPS) is 21.9. The van der Waals surface area contributed by atoms with Gasteiger partial charge in [-0.15, -0.1) is 11.3 Å². The number of hydrogen-bond donors (Lipinski definition) is 5. The van der Waals surface area contributed by atoms with E-state index in [-0.39, 0.29) is 12.6 Å². The van der Waals surface area contributed by atoms with Crippen LogP contribution in [0.2, 0.25) is 0 Å². The molecule has 5 atom stereocenters. The molecule has 3 heterocycles. The largest absolute Gasteiger partial charge is 0.396 e. The summed E-state index contributed by atoms with van der Waals surface area (Å²) >= 11 is 1.52. The molecule has 39 heavy (non-hydrogen) atoms. The topological polar surface area (TPSA) is 136 Å². The summed E-state index contributed by atoms with van der Waals surface area (Å²) < 4.78 is 0.994. The average molecular weight is 543 g/mol. The maximum absolute atomic E-state index is 10.7. The molecule has 200 valence electrons. The molecule has 10 heteroatoms. The summed E-state index contributed by atoms with van der Waals surface area (Å²) in [6.07, 6.45) is 1.80. The number of aliphatic hydroxyl groups excluding tert-OH is 3. The number of nitrogens with zero attached hydrogens (tertiary/aromatic N) is 4. The van der Waals surface area contributed by atoms with Crippen LogP contribution in [0.3, 0.4) is 0 Å². The van der Waals surface area contributed by atoms with Gasteiger partial charge in [-0.3, -0.25) is 4.98 Å². The third-order valence-electron chi connectivity index (χ3n) is 7.49. The van der Waals surface area contributed by atoms with E-state index < -0.39 is 24.2 Å². The highest BCUT2D eigenvalue weighted by Gasteiger charge is 2.41. The fourth-order valence-electron chi connectivity index (χ4n) is 5.41. The van der Waals surface area contributed by atoms with Crippen LogP contribution in [-0.4, -0.2) is 60.1 Å². The maximum atomic E-state index is 10.7. The highest BCUT2D eigenvalue weighted by Crippen LogP contribution is 2.38. The zero-order valence-corrected chi connectivity index (χ0v) is 22.4. The van der Waals surface area contributed by atoms with Gasteiger partial charge in [0.1, 0.15) is 22.4 Å². The number of anilines is 2. The molecule has 5 N–H and O–H groups in total. The summed E-state index contributed by atoms with van der Waals surface area (Å²) in [5, 5.41) is 40.7. The van der Waals surface area contributed by atoms with Crippen molar-refractivity contribution in [3.63, 3.8) is 0 Å². The van der Waals surface area contributed by atoms with Crippen LogP contribution < -0.4 is 10.6 Å². The van der Waals surface area contributed by atoms with Crippen LogP contribution in [0.25, 0.3) is 31.6 Å². The van der Waals surface area contributed by atoms with Gasteiger partial charge in [-0.25, -0.2) is 9.97 Å². The van der Waals surface area contributed by atoms with Gasteiger partial charge < -0.3 is 26.0 Å². The minimum absolute atomic E-state index is 0.0830. The van der Waals surface area contributed by atoms with E-state index >= 15 is 0 Å². The van der Waals surface area contributed by atoms with Gasteiger partial charge in [0.05, 0.1) is 40.3 Å². The van der Waals surface area contributed by atoms with Crippen LogP contribution in [0, 0.1) is 12.8 Å². The van der Waals surface area contributed by atoms with E-state index in [9.17, 15) is 15.3 Å². The van der Waals surface area contributed by atoms with Crippen LogP contribution >= 0.6 is 11.3 Å². The molecule has 9 nitrogen and oxygen atoms in total. The van der Waals surface area contributed by atoms with Crippen molar-refractivity contribution >= 4 is 44.1 Å². The first-order chi connectivity index (χ1) is 18.9. The molecule has 1 aliphatic rings. The van der Waals surface area contributed by atoms with Gasteiger partial charge in [0.25, 0.3) is 0 Å². The Hall–Kier alpha value is -3.70. The molecule has 1 aliphatic carbocycles. The first kappa shape index (κ1) is 25.6. The van der Waals surface area contributed by atoms with Crippen LogP contribution in [-0.2, 0) is 0 Å². The molecule has 5 aromatic rings. The molecule has 0 spiro atoms. The summed E-state index contributed by atoms with van der Waals surface area (Å²) in [6.45, 7) is 3.79. The standard InChI is InChI=1S/C29H30N6O3S/c1-15(19-9-5-7-17-6-3-4-8-20(17)19)31-29-32-16(2)24(28-34-22-13-30-11-10-23(22)39-28)27(35-29)33-21-12-18(14-36)25(37)26(21)38/h3-11,13,15,18,21,25-26,36-38H,12,14H2,1-2H3,(H2,31,32,33,35)/t15-,18-,21-,25-,26+/m1/s1. The summed E-state index contributed by atoms with van der Waals surface area (Å²) in [7, 11) is 0. The predicted octanol–water partition coefficient (Wildman–Crippen LogP) is 4.30. The van der Waals surface area contributed by atoms with E-state index in [2.05, 4.69) is 46.8 Å². The van der Waals surface area contributed by atoms with Crippen LogP contribution in [0.5, 0.6) is 0 Å². The quantitative estimate of drug-likeness (QED) is 0.204. The molecular formula is C29H30N6O3S. The first-order valence-corrected chi connectivity index (χ1v) is 13.8. The number of rotatable bonds is 7. The molecular weight excluding hydrogens is 512 g/mol. The monoisotopic (exact) mass is 542 g/mol. The Morgan fingerprint density at radius 2 is 1.85 bits per heavy atom. The van der Waals surface area contributed by atoms with Gasteiger partial charge in [-0.05, 0) is 42.7 Å². The lowest BCUT2D eigenvalue weighted by molar-refractivity contribution is 0.00446. The van der Waals surface area contributed by atoms with E-state index in [1.165, 1.54) is 11.3 Å². The molecule has 6 rings (SSSR count). The molecule has 3 aromatic heterocycles. The Bertz CT molecular complexity index is 1600. The van der Waals surface area contributed by atoms with E-state index in [4.69, 9.17) is 15.0 Å². The highest BCUT2D eigenvalue weighted by molar-refractivity contribution is 7.21. The van der Waals surface area contributed by atoms with Crippen molar-refractivity contribution in [2.24, 2.45) is 5.92 Å². The summed E-state index contributed by atoms with van der Waals surface area (Å²) in [5.74, 6) is 0.534. The SMILES string of the molecule is Cc1nc(N[C@H](C)c2cccc3ccccc23)nc(N[C@@H]2C[C@H](CO)[C@@H](O)[C@H]2O)c1-c1nc2cnccc2s1. The number of thiazole rings is 1. The van der Waals surface area contributed by atoms with Crippen LogP contribution in [0.1, 0.15) is 30.6 Å². The lowest BCUT2D eigenvalue weighted by atomic mass is 10.00. The van der Waals surface area contributed by atoms with Crippen molar-refractivity contribution in [2.45, 2.75) is 44.6 Å². The molecule has 2 aromatic carbocycles. The third-order valence-corrected chi connectivity index (χ3v) is 8.54. The van der Waals surface area contributed by atoms with Crippen LogP contribution in [0.4, 0.5) is 11.8 Å². The molecule has 1 saturated carbocycles. The van der Waals surface area contributed by atoms with Gasteiger partial charge in [0.2, 0.25) is 5.95 Å². The smallest absolute Gasteiger partial charge is 0.225 e. The molecule has 1 fully saturated rings. The number of hydrogen-bond acceptors (Lipinski definition) is 10. The number of aliphatic hydroxyl groups is 3. The lowest BCUT2D eigenvalue weighted by Crippen LogP contribution is -2.35. The predicted molar refractivity (Wildman–Crippen MR) is 154 cm³/mol. The maximum Gasteiger partial charge on any atom is 0.225 e. The fraction of sp³-hybridized carbons (Fsp3) is 0.310. The average Bonchev–Trinajstić information content (AvgIpc) is 3.48. The van der Waals surface area contributed by atoms with Crippen molar-refractivity contribution in [3.8, 4) is 10.6 Å². The minimum atomic E-state index is -1.05. The number of pyridine rings is 1. The molecule has 0 unspecified atom stereocenters. The van der Waals surface area contributed by atoms with E-state index in [0.717, 1.165) is 42.8 Å². The third kappa shape index (κ3) is 4.80. The molecule has 0 bridgehead atoms.